The molecule has 0 N–H and O–H groups in total. The number of hydrogen-bond acceptors (Lipinski definition) is 3. The molecule has 5 heteroatoms. The van der Waals surface area contributed by atoms with Crippen LogP contribution in [0.3, 0.4) is 0 Å². The van der Waals surface area contributed by atoms with Crippen LogP contribution >= 0.6 is 15.9 Å². The van der Waals surface area contributed by atoms with E-state index < -0.39 is 0 Å². The molecule has 134 valence electrons. The average molecular weight is 414 g/mol. The van der Waals surface area contributed by atoms with Crippen molar-refractivity contribution >= 4 is 21.8 Å². The lowest BCUT2D eigenvalue weighted by Gasteiger charge is -2.16. The SMILES string of the molecule is COc1ccc(CC(=O)N(C)Cc2ccc(-c3ccc(Br)cc3)o2)cc1. The van der Waals surface area contributed by atoms with Gasteiger partial charge < -0.3 is 14.1 Å². The van der Waals surface area contributed by atoms with Gasteiger partial charge in [0.2, 0.25) is 5.91 Å². The van der Waals surface area contributed by atoms with Crippen molar-refractivity contribution in [3.63, 3.8) is 0 Å². The highest BCUT2D eigenvalue weighted by Crippen LogP contribution is 2.24. The number of halogens is 1. The molecule has 0 saturated carbocycles. The summed E-state index contributed by atoms with van der Waals surface area (Å²) in [6, 6.07) is 19.3. The lowest BCUT2D eigenvalue weighted by molar-refractivity contribution is -0.129. The molecule has 0 radical (unpaired) electrons. The van der Waals surface area contributed by atoms with Crippen molar-refractivity contribution in [3.05, 3.63) is 76.5 Å². The van der Waals surface area contributed by atoms with E-state index in [1.807, 2.05) is 60.7 Å². The molecule has 1 amide bonds. The van der Waals surface area contributed by atoms with Gasteiger partial charge in [0, 0.05) is 17.1 Å². The topological polar surface area (TPSA) is 42.7 Å². The molecule has 0 fully saturated rings. The Kier molecular flexibility index (Phi) is 5.78. The lowest BCUT2D eigenvalue weighted by Crippen LogP contribution is -2.27. The second-order valence-electron chi connectivity index (χ2n) is 6.05. The van der Waals surface area contributed by atoms with E-state index in [4.69, 9.17) is 9.15 Å². The van der Waals surface area contributed by atoms with Gasteiger partial charge >= 0.3 is 0 Å². The zero-order valence-corrected chi connectivity index (χ0v) is 16.3. The molecule has 2 aromatic carbocycles. The third-order valence-corrected chi connectivity index (χ3v) is 4.65. The number of amides is 1. The molecule has 0 aliphatic carbocycles. The molecule has 0 unspecified atom stereocenters. The summed E-state index contributed by atoms with van der Waals surface area (Å²) in [5.41, 5.74) is 1.96. The number of hydrogen-bond donors (Lipinski definition) is 0. The van der Waals surface area contributed by atoms with Gasteiger partial charge in [0.15, 0.2) is 0 Å². The summed E-state index contributed by atoms with van der Waals surface area (Å²) in [6.45, 7) is 0.436. The summed E-state index contributed by atoms with van der Waals surface area (Å²) in [6.07, 6.45) is 0.348. The van der Waals surface area contributed by atoms with E-state index in [-0.39, 0.29) is 5.91 Å². The van der Waals surface area contributed by atoms with Crippen LogP contribution in [0.2, 0.25) is 0 Å². The van der Waals surface area contributed by atoms with Gasteiger partial charge in [-0.05, 0) is 42.0 Å². The van der Waals surface area contributed by atoms with E-state index in [0.29, 0.717) is 13.0 Å². The molecule has 0 saturated heterocycles. The van der Waals surface area contributed by atoms with Crippen molar-refractivity contribution in [1.82, 2.24) is 4.90 Å². The summed E-state index contributed by atoms with van der Waals surface area (Å²) in [5, 5.41) is 0. The first kappa shape index (κ1) is 18.3. The molecule has 1 heterocycles. The summed E-state index contributed by atoms with van der Waals surface area (Å²) in [4.78, 5) is 14.1. The van der Waals surface area contributed by atoms with Gasteiger partial charge in [-0.1, -0.05) is 40.2 Å². The first-order chi connectivity index (χ1) is 12.5. The first-order valence-electron chi connectivity index (χ1n) is 8.26. The molecule has 26 heavy (non-hydrogen) atoms. The van der Waals surface area contributed by atoms with Crippen LogP contribution in [0, 0.1) is 0 Å². The fraction of sp³-hybridized carbons (Fsp3) is 0.190. The fourth-order valence-corrected chi connectivity index (χ4v) is 2.87. The summed E-state index contributed by atoms with van der Waals surface area (Å²) in [7, 11) is 3.41. The number of likely N-dealkylation sites (N-methyl/N-ethyl adjacent to an activating group) is 1. The molecule has 0 aliphatic heterocycles. The highest BCUT2D eigenvalue weighted by molar-refractivity contribution is 9.10. The highest BCUT2D eigenvalue weighted by atomic mass is 79.9. The molecular formula is C21H20BrNO3. The van der Waals surface area contributed by atoms with E-state index in [2.05, 4.69) is 15.9 Å². The Balaban J connectivity index is 1.61. The van der Waals surface area contributed by atoms with Crippen molar-refractivity contribution in [2.45, 2.75) is 13.0 Å². The molecule has 0 atom stereocenters. The van der Waals surface area contributed by atoms with Crippen molar-refractivity contribution in [1.29, 1.82) is 0 Å². The Labute approximate surface area is 161 Å². The Hall–Kier alpha value is -2.53. The molecule has 3 rings (SSSR count). The first-order valence-corrected chi connectivity index (χ1v) is 9.06. The van der Waals surface area contributed by atoms with E-state index in [1.54, 1.807) is 19.1 Å². The van der Waals surface area contributed by atoms with Crippen molar-refractivity contribution in [2.75, 3.05) is 14.2 Å². The zero-order chi connectivity index (χ0) is 18.5. The van der Waals surface area contributed by atoms with Crippen LogP contribution < -0.4 is 4.74 Å². The largest absolute Gasteiger partial charge is 0.497 e. The van der Waals surface area contributed by atoms with Crippen LogP contribution in [0.4, 0.5) is 0 Å². The van der Waals surface area contributed by atoms with Crippen LogP contribution in [0.15, 0.2) is 69.6 Å². The van der Waals surface area contributed by atoms with E-state index >= 15 is 0 Å². The minimum Gasteiger partial charge on any atom is -0.497 e. The second-order valence-corrected chi connectivity index (χ2v) is 6.96. The maximum absolute atomic E-state index is 12.4. The van der Waals surface area contributed by atoms with Crippen molar-refractivity contribution in [2.24, 2.45) is 0 Å². The molecule has 4 nitrogen and oxygen atoms in total. The summed E-state index contributed by atoms with van der Waals surface area (Å²) < 4.78 is 12.0. The Morgan fingerprint density at radius 2 is 1.73 bits per heavy atom. The Bertz CT molecular complexity index is 869. The van der Waals surface area contributed by atoms with Gasteiger partial charge in [-0.3, -0.25) is 4.79 Å². The van der Waals surface area contributed by atoms with Gasteiger partial charge in [0.1, 0.15) is 17.3 Å². The standard InChI is InChI=1S/C21H20BrNO3/c1-23(21(24)13-15-3-9-18(25-2)10-4-15)14-19-11-12-20(26-19)16-5-7-17(22)8-6-16/h3-12H,13-14H2,1-2H3. The number of ether oxygens (including phenoxy) is 1. The molecule has 0 bridgehead atoms. The van der Waals surface area contributed by atoms with Crippen LogP contribution in [-0.2, 0) is 17.8 Å². The molecule has 0 aliphatic rings. The van der Waals surface area contributed by atoms with Crippen molar-refractivity contribution in [3.8, 4) is 17.1 Å². The maximum atomic E-state index is 12.4. The van der Waals surface area contributed by atoms with Crippen molar-refractivity contribution < 1.29 is 13.9 Å². The lowest BCUT2D eigenvalue weighted by atomic mass is 10.1. The Morgan fingerprint density at radius 3 is 2.38 bits per heavy atom. The van der Waals surface area contributed by atoms with Gasteiger partial charge in [-0.15, -0.1) is 0 Å². The minimum absolute atomic E-state index is 0.0387. The third kappa shape index (κ3) is 4.55. The van der Waals surface area contributed by atoms with Crippen LogP contribution in [-0.4, -0.2) is 25.0 Å². The van der Waals surface area contributed by atoms with E-state index in [1.165, 1.54) is 0 Å². The van der Waals surface area contributed by atoms with Gasteiger partial charge in [0.05, 0.1) is 20.1 Å². The number of nitrogens with zero attached hydrogens (tertiary/aromatic N) is 1. The van der Waals surface area contributed by atoms with Gasteiger partial charge in [0.25, 0.3) is 0 Å². The number of benzene rings is 2. The summed E-state index contributed by atoms with van der Waals surface area (Å²) >= 11 is 3.43. The average Bonchev–Trinajstić information content (AvgIpc) is 3.11. The van der Waals surface area contributed by atoms with Crippen LogP contribution in [0.25, 0.3) is 11.3 Å². The molecule has 3 aromatic rings. The molecule has 1 aromatic heterocycles. The number of carbonyl (C=O) groups excluding carboxylic acids is 1. The number of methoxy groups -OCH3 is 1. The van der Waals surface area contributed by atoms with E-state index in [9.17, 15) is 4.79 Å². The van der Waals surface area contributed by atoms with E-state index in [0.717, 1.165) is 32.9 Å². The number of furan rings is 1. The maximum Gasteiger partial charge on any atom is 0.227 e. The van der Waals surface area contributed by atoms with Gasteiger partial charge in [-0.25, -0.2) is 0 Å². The van der Waals surface area contributed by atoms with Crippen LogP contribution in [0.5, 0.6) is 5.75 Å². The monoisotopic (exact) mass is 413 g/mol. The molecule has 0 spiro atoms. The third-order valence-electron chi connectivity index (χ3n) is 4.12. The zero-order valence-electron chi connectivity index (χ0n) is 14.7. The number of carbonyl (C=O) groups is 1. The predicted molar refractivity (Wildman–Crippen MR) is 105 cm³/mol. The second kappa shape index (κ2) is 8.23. The quantitative estimate of drug-likeness (QED) is 0.575. The van der Waals surface area contributed by atoms with Gasteiger partial charge in [-0.2, -0.15) is 0 Å². The highest BCUT2D eigenvalue weighted by Gasteiger charge is 2.13. The fourth-order valence-electron chi connectivity index (χ4n) is 2.61. The normalized spacial score (nSPS) is 10.6. The Morgan fingerprint density at radius 1 is 1.04 bits per heavy atom. The molecular weight excluding hydrogens is 394 g/mol. The minimum atomic E-state index is 0.0387. The predicted octanol–water partition coefficient (Wildman–Crippen LogP) is 4.92. The van der Waals surface area contributed by atoms with Crippen LogP contribution in [0.1, 0.15) is 11.3 Å². The smallest absolute Gasteiger partial charge is 0.227 e. The number of rotatable bonds is 6. The summed E-state index contributed by atoms with van der Waals surface area (Å²) in [5.74, 6) is 2.37.